The van der Waals surface area contributed by atoms with Crippen molar-refractivity contribution in [2.75, 3.05) is 27.8 Å². The molecule has 0 fully saturated rings. The van der Waals surface area contributed by atoms with Crippen LogP contribution in [0.2, 0.25) is 0 Å². The van der Waals surface area contributed by atoms with Crippen molar-refractivity contribution in [3.05, 3.63) is 29.8 Å². The average molecular weight is 330 g/mol. The normalized spacial score (nSPS) is 12.8. The molecule has 1 rings (SSSR count). The number of benzene rings is 1. The molecule has 1 aromatic carbocycles. The predicted molar refractivity (Wildman–Crippen MR) is 77.7 cm³/mol. The van der Waals surface area contributed by atoms with Crippen LogP contribution in [0.15, 0.2) is 29.2 Å². The van der Waals surface area contributed by atoms with Gasteiger partial charge in [0.05, 0.1) is 18.6 Å². The van der Waals surface area contributed by atoms with Crippen molar-refractivity contribution in [2.24, 2.45) is 0 Å². The monoisotopic (exact) mass is 330 g/mol. The summed E-state index contributed by atoms with van der Waals surface area (Å²) in [6, 6.07) is 4.14. The highest BCUT2D eigenvalue weighted by Crippen LogP contribution is 2.15. The summed E-state index contributed by atoms with van der Waals surface area (Å²) in [6.07, 6.45) is 0. The quantitative estimate of drug-likeness (QED) is 0.660. The van der Waals surface area contributed by atoms with Crippen LogP contribution in [-0.4, -0.2) is 63.6 Å². The Morgan fingerprint density at radius 2 is 2.00 bits per heavy atom. The number of hydrogen-bond donors (Lipinski definition) is 2. The fourth-order valence-corrected chi connectivity index (χ4v) is 2.52. The smallest absolute Gasteiger partial charge is 0.330 e. The molecule has 0 radical (unpaired) electrons. The van der Waals surface area contributed by atoms with Gasteiger partial charge in [-0.05, 0) is 18.2 Å². The number of sulfonamides is 1. The number of methoxy groups -OCH3 is 1. The number of nitrogens with one attached hydrogen (secondary N) is 1. The van der Waals surface area contributed by atoms with Crippen molar-refractivity contribution < 1.29 is 27.9 Å². The van der Waals surface area contributed by atoms with Crippen LogP contribution < -0.4 is 5.32 Å². The molecule has 0 aliphatic heterocycles. The molecule has 0 aromatic heterocycles. The third-order valence-electron chi connectivity index (χ3n) is 2.85. The van der Waals surface area contributed by atoms with E-state index in [1.54, 1.807) is 0 Å². The standard InChI is InChI=1S/C13H18N2O6S/c1-15(2)22(19,20)10-6-4-5-9(7-10)12(17)14-11(8-16)13(18)21-3/h4-7,11,16H,8H2,1-3H3,(H,14,17). The zero-order valence-electron chi connectivity index (χ0n) is 12.4. The Morgan fingerprint density at radius 1 is 1.36 bits per heavy atom. The van der Waals surface area contributed by atoms with Crippen LogP contribution in [0, 0.1) is 0 Å². The lowest BCUT2D eigenvalue weighted by Crippen LogP contribution is -2.44. The van der Waals surface area contributed by atoms with Gasteiger partial charge in [0.1, 0.15) is 0 Å². The van der Waals surface area contributed by atoms with Crippen LogP contribution in [-0.2, 0) is 19.6 Å². The maximum atomic E-state index is 12.0. The molecular formula is C13H18N2O6S. The van der Waals surface area contributed by atoms with E-state index in [-0.39, 0.29) is 10.5 Å². The molecule has 0 aliphatic rings. The lowest BCUT2D eigenvalue weighted by atomic mass is 10.2. The lowest BCUT2D eigenvalue weighted by molar-refractivity contribution is -0.143. The van der Waals surface area contributed by atoms with E-state index in [0.29, 0.717) is 0 Å². The van der Waals surface area contributed by atoms with Gasteiger partial charge in [-0.3, -0.25) is 4.79 Å². The SMILES string of the molecule is COC(=O)C(CO)NC(=O)c1cccc(S(=O)(=O)N(C)C)c1. The van der Waals surface area contributed by atoms with Crippen LogP contribution in [0.25, 0.3) is 0 Å². The largest absolute Gasteiger partial charge is 0.467 e. The van der Waals surface area contributed by atoms with Crippen molar-refractivity contribution in [3.8, 4) is 0 Å². The van der Waals surface area contributed by atoms with Crippen LogP contribution in [0.5, 0.6) is 0 Å². The summed E-state index contributed by atoms with van der Waals surface area (Å²) in [4.78, 5) is 23.3. The summed E-state index contributed by atoms with van der Waals surface area (Å²) in [7, 11) is 0.203. The van der Waals surface area contributed by atoms with Crippen LogP contribution in [0.4, 0.5) is 0 Å². The topological polar surface area (TPSA) is 113 Å². The summed E-state index contributed by atoms with van der Waals surface area (Å²) >= 11 is 0. The minimum Gasteiger partial charge on any atom is -0.467 e. The first-order chi connectivity index (χ1) is 10.2. The maximum absolute atomic E-state index is 12.0. The van der Waals surface area contributed by atoms with E-state index < -0.39 is 34.5 Å². The first-order valence-corrected chi connectivity index (χ1v) is 7.70. The summed E-state index contributed by atoms with van der Waals surface area (Å²) in [6.45, 7) is -0.631. The third kappa shape index (κ3) is 4.03. The third-order valence-corrected chi connectivity index (χ3v) is 4.66. The van der Waals surface area contributed by atoms with E-state index in [2.05, 4.69) is 10.1 Å². The summed E-state index contributed by atoms with van der Waals surface area (Å²) in [5, 5.41) is 11.3. The van der Waals surface area contributed by atoms with Gasteiger partial charge in [0.2, 0.25) is 10.0 Å². The lowest BCUT2D eigenvalue weighted by Gasteiger charge is -2.15. The first-order valence-electron chi connectivity index (χ1n) is 6.26. The van der Waals surface area contributed by atoms with Crippen molar-refractivity contribution in [3.63, 3.8) is 0 Å². The molecule has 0 heterocycles. The number of hydrogen-bond acceptors (Lipinski definition) is 6. The van der Waals surface area contributed by atoms with E-state index in [0.717, 1.165) is 11.4 Å². The number of aliphatic hydroxyl groups excluding tert-OH is 1. The Kier molecular flexibility index (Phi) is 6.03. The highest BCUT2D eigenvalue weighted by Gasteiger charge is 2.23. The Balaban J connectivity index is 3.04. The van der Waals surface area contributed by atoms with Gasteiger partial charge in [0.15, 0.2) is 6.04 Å². The molecule has 0 saturated carbocycles. The van der Waals surface area contributed by atoms with Crippen molar-refractivity contribution >= 4 is 21.9 Å². The van der Waals surface area contributed by atoms with Gasteiger partial charge in [-0.25, -0.2) is 17.5 Å². The molecule has 1 aromatic rings. The highest BCUT2D eigenvalue weighted by molar-refractivity contribution is 7.89. The average Bonchev–Trinajstić information content (AvgIpc) is 2.51. The number of esters is 1. The second kappa shape index (κ2) is 7.34. The van der Waals surface area contributed by atoms with Gasteiger partial charge in [0.25, 0.3) is 5.91 Å². The minimum atomic E-state index is -3.68. The van der Waals surface area contributed by atoms with Gasteiger partial charge < -0.3 is 15.2 Å². The number of ether oxygens (including phenoxy) is 1. The highest BCUT2D eigenvalue weighted by atomic mass is 32.2. The molecule has 8 nitrogen and oxygen atoms in total. The zero-order chi connectivity index (χ0) is 16.9. The second-order valence-electron chi connectivity index (χ2n) is 4.55. The number of amides is 1. The molecular weight excluding hydrogens is 312 g/mol. The van der Waals surface area contributed by atoms with Gasteiger partial charge in [-0.15, -0.1) is 0 Å². The number of carbonyl (C=O) groups excluding carboxylic acids is 2. The van der Waals surface area contributed by atoms with Crippen molar-refractivity contribution in [1.82, 2.24) is 9.62 Å². The zero-order valence-corrected chi connectivity index (χ0v) is 13.3. The van der Waals surface area contributed by atoms with E-state index in [9.17, 15) is 18.0 Å². The van der Waals surface area contributed by atoms with E-state index in [1.807, 2.05) is 0 Å². The number of carbonyl (C=O) groups is 2. The molecule has 1 atom stereocenters. The van der Waals surface area contributed by atoms with Crippen LogP contribution in [0.1, 0.15) is 10.4 Å². The van der Waals surface area contributed by atoms with Crippen molar-refractivity contribution in [2.45, 2.75) is 10.9 Å². The Bertz CT molecular complexity index is 656. The van der Waals surface area contributed by atoms with Gasteiger partial charge >= 0.3 is 5.97 Å². The Labute approximate surface area is 128 Å². The molecule has 1 unspecified atom stereocenters. The molecule has 0 spiro atoms. The van der Waals surface area contributed by atoms with Gasteiger partial charge in [-0.1, -0.05) is 6.07 Å². The Hall–Kier alpha value is -1.97. The molecule has 0 saturated heterocycles. The molecule has 2 N–H and O–H groups in total. The van der Waals surface area contributed by atoms with Gasteiger partial charge in [0, 0.05) is 19.7 Å². The summed E-state index contributed by atoms with van der Waals surface area (Å²) < 4.78 is 29.5. The molecule has 9 heteroatoms. The van der Waals surface area contributed by atoms with Crippen molar-refractivity contribution in [1.29, 1.82) is 0 Å². The predicted octanol–water partition coefficient (Wildman–Crippen LogP) is -0.799. The minimum absolute atomic E-state index is 0.0466. The van der Waals surface area contributed by atoms with Crippen LogP contribution in [0.3, 0.4) is 0 Å². The summed E-state index contributed by atoms with van der Waals surface area (Å²) in [5.74, 6) is -1.49. The maximum Gasteiger partial charge on any atom is 0.330 e. The fourth-order valence-electron chi connectivity index (χ4n) is 1.57. The number of rotatable bonds is 6. The molecule has 0 aliphatic carbocycles. The van der Waals surface area contributed by atoms with E-state index in [1.165, 1.54) is 38.4 Å². The van der Waals surface area contributed by atoms with Gasteiger partial charge in [-0.2, -0.15) is 0 Å². The van der Waals surface area contributed by atoms with E-state index in [4.69, 9.17) is 5.11 Å². The molecule has 1 amide bonds. The molecule has 122 valence electrons. The van der Waals surface area contributed by atoms with Crippen LogP contribution >= 0.6 is 0 Å². The number of aliphatic hydroxyl groups is 1. The Morgan fingerprint density at radius 3 is 2.50 bits per heavy atom. The molecule has 0 bridgehead atoms. The fraction of sp³-hybridized carbons (Fsp3) is 0.385. The molecule has 22 heavy (non-hydrogen) atoms. The second-order valence-corrected chi connectivity index (χ2v) is 6.70. The van der Waals surface area contributed by atoms with E-state index >= 15 is 0 Å². The number of nitrogens with zero attached hydrogens (tertiary/aromatic N) is 1. The summed E-state index contributed by atoms with van der Waals surface area (Å²) in [5.41, 5.74) is 0.0466. The first kappa shape index (κ1) is 18.1.